The Labute approximate surface area is 151 Å². The maximum absolute atomic E-state index is 12.7. The fourth-order valence-electron chi connectivity index (χ4n) is 2.98. The van der Waals surface area contributed by atoms with E-state index in [1.165, 1.54) is 0 Å². The Bertz CT molecular complexity index is 907. The predicted octanol–water partition coefficient (Wildman–Crippen LogP) is 3.12. The fraction of sp³-hybridized carbons (Fsp3) is 0.250. The lowest BCUT2D eigenvalue weighted by molar-refractivity contribution is 0.0930. The van der Waals surface area contributed by atoms with Crippen LogP contribution in [0.4, 0.5) is 0 Å². The molecule has 1 N–H and O–H groups in total. The number of carbonyl (C=O) groups excluding carboxylic acids is 1. The molecule has 0 radical (unpaired) electrons. The molecule has 26 heavy (non-hydrogen) atoms. The van der Waals surface area contributed by atoms with Crippen LogP contribution in [0, 0.1) is 12.8 Å². The molecule has 1 aliphatic carbocycles. The quantitative estimate of drug-likeness (QED) is 0.768. The topological polar surface area (TPSA) is 80.7 Å². The Kier molecular flexibility index (Phi) is 4.39. The summed E-state index contributed by atoms with van der Waals surface area (Å²) in [5.41, 5.74) is 3.29. The molecule has 0 spiro atoms. The van der Waals surface area contributed by atoms with Crippen molar-refractivity contribution in [3.63, 3.8) is 0 Å². The summed E-state index contributed by atoms with van der Waals surface area (Å²) in [5.74, 6) is 0.821. The molecule has 3 aromatic rings. The Morgan fingerprint density at radius 1 is 1.08 bits per heavy atom. The van der Waals surface area contributed by atoms with Gasteiger partial charge >= 0.3 is 0 Å². The minimum Gasteiger partial charge on any atom is -0.343 e. The molecule has 1 saturated carbocycles. The van der Waals surface area contributed by atoms with Crippen molar-refractivity contribution < 1.29 is 4.79 Å². The molecule has 0 unspecified atom stereocenters. The maximum atomic E-state index is 12.7. The average Bonchev–Trinajstić information content (AvgIpc) is 3.53. The number of hydrogen-bond donors (Lipinski definition) is 1. The van der Waals surface area contributed by atoms with Crippen molar-refractivity contribution in [2.24, 2.45) is 5.92 Å². The summed E-state index contributed by atoms with van der Waals surface area (Å²) < 4.78 is 0. The highest BCUT2D eigenvalue weighted by Gasteiger charge is 2.35. The van der Waals surface area contributed by atoms with E-state index in [9.17, 15) is 4.79 Å². The summed E-state index contributed by atoms with van der Waals surface area (Å²) in [6.45, 7) is 2.02. The first-order valence-corrected chi connectivity index (χ1v) is 8.67. The molecule has 4 rings (SSSR count). The first kappa shape index (κ1) is 16.3. The summed E-state index contributed by atoms with van der Waals surface area (Å²) >= 11 is 0. The first-order chi connectivity index (χ1) is 12.7. The van der Waals surface area contributed by atoms with Gasteiger partial charge in [0, 0.05) is 36.5 Å². The van der Waals surface area contributed by atoms with Crippen LogP contribution in [0.15, 0.2) is 55.2 Å². The van der Waals surface area contributed by atoms with Crippen molar-refractivity contribution in [1.29, 1.82) is 0 Å². The number of rotatable bonds is 5. The van der Waals surface area contributed by atoms with E-state index in [2.05, 4.69) is 25.3 Å². The Morgan fingerprint density at radius 2 is 1.85 bits per heavy atom. The molecule has 0 aromatic carbocycles. The van der Waals surface area contributed by atoms with E-state index in [-0.39, 0.29) is 11.9 Å². The number of amides is 1. The van der Waals surface area contributed by atoms with Gasteiger partial charge in [-0.2, -0.15) is 0 Å². The summed E-state index contributed by atoms with van der Waals surface area (Å²) in [7, 11) is 0. The van der Waals surface area contributed by atoms with Crippen LogP contribution in [-0.2, 0) is 0 Å². The molecule has 1 amide bonds. The zero-order valence-corrected chi connectivity index (χ0v) is 14.5. The molecule has 3 aromatic heterocycles. The Hall–Kier alpha value is -3.15. The molecule has 3 heterocycles. The molecular formula is C20H19N5O. The predicted molar refractivity (Wildman–Crippen MR) is 97.2 cm³/mol. The molecule has 130 valence electrons. The van der Waals surface area contributed by atoms with Gasteiger partial charge in [-0.05, 0) is 49.4 Å². The van der Waals surface area contributed by atoms with Gasteiger partial charge in [0.25, 0.3) is 5.91 Å². The molecular weight excluding hydrogens is 326 g/mol. The van der Waals surface area contributed by atoms with Gasteiger partial charge in [0.15, 0.2) is 5.82 Å². The average molecular weight is 345 g/mol. The minimum absolute atomic E-state index is 0.0679. The second kappa shape index (κ2) is 7.00. The van der Waals surface area contributed by atoms with Gasteiger partial charge in [-0.15, -0.1) is 0 Å². The zero-order valence-electron chi connectivity index (χ0n) is 14.5. The third-order valence-corrected chi connectivity index (χ3v) is 4.56. The highest BCUT2D eigenvalue weighted by Crippen LogP contribution is 2.41. The number of carbonyl (C=O) groups is 1. The fourth-order valence-corrected chi connectivity index (χ4v) is 2.98. The summed E-state index contributed by atoms with van der Waals surface area (Å²) in [5, 5.41) is 3.12. The largest absolute Gasteiger partial charge is 0.343 e. The Balaban J connectivity index is 1.53. The molecule has 0 saturated heterocycles. The van der Waals surface area contributed by atoms with Crippen LogP contribution in [-0.4, -0.2) is 25.8 Å². The molecule has 1 atom stereocenters. The number of nitrogens with one attached hydrogen (secondary N) is 1. The molecule has 0 aliphatic heterocycles. The molecule has 1 aliphatic rings. The van der Waals surface area contributed by atoms with E-state index in [1.54, 1.807) is 31.0 Å². The van der Waals surface area contributed by atoms with E-state index in [0.717, 1.165) is 29.7 Å². The Morgan fingerprint density at radius 3 is 2.50 bits per heavy atom. The second-order valence-corrected chi connectivity index (χ2v) is 6.53. The van der Waals surface area contributed by atoms with Gasteiger partial charge in [-0.25, -0.2) is 9.97 Å². The lowest BCUT2D eigenvalue weighted by Gasteiger charge is -2.19. The van der Waals surface area contributed by atoms with Crippen molar-refractivity contribution in [3.8, 4) is 11.4 Å². The highest BCUT2D eigenvalue weighted by atomic mass is 16.1. The standard InChI is InChI=1S/C20H19N5O/c1-13-4-2-9-22-17(13)18(14-6-7-14)25-20(26)16-11-23-19(24-12-16)15-5-3-8-21-10-15/h2-5,8-12,14,18H,6-7H2,1H3,(H,25,26)/t18-/m0/s1. The third-order valence-electron chi connectivity index (χ3n) is 4.56. The van der Waals surface area contributed by atoms with Gasteiger partial charge in [-0.1, -0.05) is 6.07 Å². The van der Waals surface area contributed by atoms with Crippen LogP contribution in [0.5, 0.6) is 0 Å². The van der Waals surface area contributed by atoms with Gasteiger partial charge < -0.3 is 5.32 Å². The molecule has 6 nitrogen and oxygen atoms in total. The maximum Gasteiger partial charge on any atom is 0.254 e. The van der Waals surface area contributed by atoms with E-state index >= 15 is 0 Å². The van der Waals surface area contributed by atoms with Crippen LogP contribution in [0.1, 0.15) is 40.5 Å². The van der Waals surface area contributed by atoms with Gasteiger partial charge in [0.05, 0.1) is 17.3 Å². The second-order valence-electron chi connectivity index (χ2n) is 6.53. The van der Waals surface area contributed by atoms with Crippen LogP contribution >= 0.6 is 0 Å². The minimum atomic E-state index is -0.176. The van der Waals surface area contributed by atoms with Crippen molar-refractivity contribution >= 4 is 5.91 Å². The number of hydrogen-bond acceptors (Lipinski definition) is 5. The van der Waals surface area contributed by atoms with Crippen molar-refractivity contribution in [2.45, 2.75) is 25.8 Å². The molecule has 6 heteroatoms. The van der Waals surface area contributed by atoms with Crippen LogP contribution in [0.3, 0.4) is 0 Å². The monoisotopic (exact) mass is 345 g/mol. The zero-order chi connectivity index (χ0) is 17.9. The van der Waals surface area contributed by atoms with Crippen LogP contribution < -0.4 is 5.32 Å². The number of nitrogens with zero attached hydrogens (tertiary/aromatic N) is 4. The van der Waals surface area contributed by atoms with E-state index in [4.69, 9.17) is 0 Å². The lowest BCUT2D eigenvalue weighted by Crippen LogP contribution is -2.31. The first-order valence-electron chi connectivity index (χ1n) is 8.67. The van der Waals surface area contributed by atoms with E-state index < -0.39 is 0 Å². The normalized spacial score (nSPS) is 14.7. The van der Waals surface area contributed by atoms with Crippen LogP contribution in [0.2, 0.25) is 0 Å². The van der Waals surface area contributed by atoms with E-state index in [1.807, 2.05) is 31.2 Å². The number of pyridine rings is 2. The highest BCUT2D eigenvalue weighted by molar-refractivity contribution is 5.94. The van der Waals surface area contributed by atoms with Crippen LogP contribution in [0.25, 0.3) is 11.4 Å². The van der Waals surface area contributed by atoms with Gasteiger partial charge in [0.2, 0.25) is 0 Å². The number of aryl methyl sites for hydroxylation is 1. The smallest absolute Gasteiger partial charge is 0.254 e. The third kappa shape index (κ3) is 3.44. The SMILES string of the molecule is Cc1cccnc1[C@@H](NC(=O)c1cnc(-c2cccnc2)nc1)C1CC1. The van der Waals surface area contributed by atoms with E-state index in [0.29, 0.717) is 17.3 Å². The molecule has 0 bridgehead atoms. The van der Waals surface area contributed by atoms with Gasteiger partial charge in [-0.3, -0.25) is 14.8 Å². The van der Waals surface area contributed by atoms with Crippen molar-refractivity contribution in [3.05, 3.63) is 72.1 Å². The van der Waals surface area contributed by atoms with Crippen molar-refractivity contribution in [2.75, 3.05) is 0 Å². The van der Waals surface area contributed by atoms with Crippen molar-refractivity contribution in [1.82, 2.24) is 25.3 Å². The number of aromatic nitrogens is 4. The summed E-state index contributed by atoms with van der Waals surface area (Å²) in [6, 6.07) is 7.58. The van der Waals surface area contributed by atoms with Gasteiger partial charge in [0.1, 0.15) is 0 Å². The summed E-state index contributed by atoms with van der Waals surface area (Å²) in [6.07, 6.45) is 10.5. The summed E-state index contributed by atoms with van der Waals surface area (Å²) in [4.78, 5) is 29.8. The lowest BCUT2D eigenvalue weighted by atomic mass is 10.0. The molecule has 1 fully saturated rings.